The first-order valence-corrected chi connectivity index (χ1v) is 9.88. The van der Waals surface area contributed by atoms with Crippen molar-refractivity contribution in [2.24, 2.45) is 0 Å². The molecule has 0 N–H and O–H groups in total. The van der Waals surface area contributed by atoms with Crippen LogP contribution in [0.15, 0.2) is 13.9 Å². The Balaban J connectivity index is 1.75. The van der Waals surface area contributed by atoms with Crippen molar-refractivity contribution in [2.45, 2.75) is 39.0 Å². The summed E-state index contributed by atoms with van der Waals surface area (Å²) in [6.07, 6.45) is 0.596. The van der Waals surface area contributed by atoms with Crippen molar-refractivity contribution in [3.05, 3.63) is 28.5 Å². The van der Waals surface area contributed by atoms with Crippen LogP contribution in [0.4, 0.5) is 0 Å². The summed E-state index contributed by atoms with van der Waals surface area (Å²) in [7, 11) is -3.70. The van der Waals surface area contributed by atoms with Gasteiger partial charge in [-0.05, 0) is 27.2 Å². The lowest BCUT2D eigenvalue weighted by atomic mass is 10.1. The summed E-state index contributed by atoms with van der Waals surface area (Å²) >= 11 is 0. The summed E-state index contributed by atoms with van der Waals surface area (Å²) < 4.78 is 37.2. The van der Waals surface area contributed by atoms with Gasteiger partial charge in [0.2, 0.25) is 10.0 Å². The highest BCUT2D eigenvalue weighted by atomic mass is 32.2. The summed E-state index contributed by atoms with van der Waals surface area (Å²) in [6.45, 7) is 7.82. The molecule has 3 heterocycles. The highest BCUT2D eigenvalue weighted by Gasteiger charge is 2.35. The van der Waals surface area contributed by atoms with E-state index >= 15 is 0 Å². The normalized spacial score (nSPS) is 16.2. The van der Waals surface area contributed by atoms with E-state index in [-0.39, 0.29) is 29.7 Å². The maximum atomic E-state index is 12.8. The summed E-state index contributed by atoms with van der Waals surface area (Å²) in [5, 5.41) is 7.63. The molecule has 2 aromatic heterocycles. The lowest BCUT2D eigenvalue weighted by molar-refractivity contribution is 0.0695. The fourth-order valence-corrected chi connectivity index (χ4v) is 4.91. The molecule has 1 saturated heterocycles. The number of aryl methyl sites for hydroxylation is 4. The van der Waals surface area contributed by atoms with Gasteiger partial charge in [-0.25, -0.2) is 8.42 Å². The lowest BCUT2D eigenvalue weighted by Gasteiger charge is -2.33. The van der Waals surface area contributed by atoms with Gasteiger partial charge in [0.05, 0.1) is 5.69 Å². The first kappa shape index (κ1) is 18.6. The van der Waals surface area contributed by atoms with Crippen LogP contribution in [0.2, 0.25) is 0 Å². The molecule has 0 unspecified atom stereocenters. The number of carbonyl (C=O) groups is 1. The van der Waals surface area contributed by atoms with Crippen LogP contribution in [-0.4, -0.2) is 60.0 Å². The Morgan fingerprint density at radius 3 is 2.19 bits per heavy atom. The number of piperazine rings is 1. The van der Waals surface area contributed by atoms with Gasteiger partial charge in [0.25, 0.3) is 5.91 Å². The van der Waals surface area contributed by atoms with E-state index < -0.39 is 10.0 Å². The molecule has 0 atom stereocenters. The summed E-state index contributed by atoms with van der Waals surface area (Å²) in [6, 6.07) is 0. The van der Waals surface area contributed by atoms with E-state index in [0.29, 0.717) is 42.2 Å². The Labute approximate surface area is 152 Å². The minimum absolute atomic E-state index is 0.112. The Bertz CT molecular complexity index is 903. The Morgan fingerprint density at radius 1 is 1.04 bits per heavy atom. The molecule has 1 amide bonds. The van der Waals surface area contributed by atoms with E-state index in [0.717, 1.165) is 0 Å². The number of sulfonamides is 1. The monoisotopic (exact) mass is 382 g/mol. The van der Waals surface area contributed by atoms with Crippen LogP contribution in [0.1, 0.15) is 40.2 Å². The molecule has 10 heteroatoms. The van der Waals surface area contributed by atoms with Gasteiger partial charge < -0.3 is 13.9 Å². The number of amides is 1. The second-order valence-corrected chi connectivity index (χ2v) is 8.14. The maximum Gasteiger partial charge on any atom is 0.259 e. The highest BCUT2D eigenvalue weighted by Crippen LogP contribution is 2.25. The summed E-state index contributed by atoms with van der Waals surface area (Å²) in [4.78, 5) is 14.5. The number of carbonyl (C=O) groups excluding carboxylic acids is 1. The molecule has 0 saturated carbocycles. The molecule has 0 bridgehead atoms. The first-order chi connectivity index (χ1) is 12.3. The molecule has 26 heavy (non-hydrogen) atoms. The Hall–Kier alpha value is -2.20. The number of rotatable bonds is 4. The average molecular weight is 382 g/mol. The molecule has 0 spiro atoms. The van der Waals surface area contributed by atoms with Crippen molar-refractivity contribution in [3.63, 3.8) is 0 Å². The zero-order valence-corrected chi connectivity index (χ0v) is 16.1. The van der Waals surface area contributed by atoms with E-state index in [2.05, 4.69) is 10.3 Å². The van der Waals surface area contributed by atoms with Crippen molar-refractivity contribution in [2.75, 3.05) is 26.2 Å². The van der Waals surface area contributed by atoms with Crippen molar-refractivity contribution in [1.82, 2.24) is 19.5 Å². The van der Waals surface area contributed by atoms with Gasteiger partial charge in [-0.1, -0.05) is 17.2 Å². The van der Waals surface area contributed by atoms with Crippen LogP contribution in [0.5, 0.6) is 0 Å². The first-order valence-electron chi connectivity index (χ1n) is 8.44. The molecule has 1 fully saturated rings. The zero-order chi connectivity index (χ0) is 19.1. The SMILES string of the molecule is CCc1noc(C)c1C(=O)N1CCN(S(=O)(=O)c2c(C)noc2C)CC1. The predicted octanol–water partition coefficient (Wildman–Crippen LogP) is 1.30. The Morgan fingerprint density at radius 2 is 1.65 bits per heavy atom. The van der Waals surface area contributed by atoms with Gasteiger partial charge in [0.15, 0.2) is 5.76 Å². The van der Waals surface area contributed by atoms with E-state index in [1.54, 1.807) is 25.7 Å². The van der Waals surface area contributed by atoms with E-state index in [4.69, 9.17) is 9.05 Å². The second kappa shape index (κ2) is 6.84. The predicted molar refractivity (Wildman–Crippen MR) is 91.3 cm³/mol. The van der Waals surface area contributed by atoms with Gasteiger partial charge in [0.1, 0.15) is 21.9 Å². The molecular weight excluding hydrogens is 360 g/mol. The molecule has 142 valence electrons. The number of aromatic nitrogens is 2. The maximum absolute atomic E-state index is 12.8. The van der Waals surface area contributed by atoms with Crippen LogP contribution in [0.25, 0.3) is 0 Å². The fourth-order valence-electron chi connectivity index (χ4n) is 3.20. The molecule has 1 aliphatic heterocycles. The highest BCUT2D eigenvalue weighted by molar-refractivity contribution is 7.89. The molecular formula is C16H22N4O5S. The quantitative estimate of drug-likeness (QED) is 0.784. The molecule has 3 rings (SSSR count). The molecule has 0 aromatic carbocycles. The van der Waals surface area contributed by atoms with Gasteiger partial charge in [0, 0.05) is 26.2 Å². The zero-order valence-electron chi connectivity index (χ0n) is 15.3. The smallest absolute Gasteiger partial charge is 0.259 e. The van der Waals surface area contributed by atoms with Crippen LogP contribution in [0, 0.1) is 20.8 Å². The standard InChI is InChI=1S/C16H22N4O5S/c1-5-13-14(11(3)24-18-13)16(21)19-6-8-20(9-7-19)26(22,23)15-10(2)17-25-12(15)4/h5-9H2,1-4H3. The van der Waals surface area contributed by atoms with Crippen LogP contribution < -0.4 is 0 Å². The van der Waals surface area contributed by atoms with Crippen molar-refractivity contribution >= 4 is 15.9 Å². The van der Waals surface area contributed by atoms with Gasteiger partial charge in [-0.3, -0.25) is 4.79 Å². The Kier molecular flexibility index (Phi) is 4.89. The molecule has 9 nitrogen and oxygen atoms in total. The van der Waals surface area contributed by atoms with Crippen molar-refractivity contribution in [1.29, 1.82) is 0 Å². The number of hydrogen-bond donors (Lipinski definition) is 0. The van der Waals surface area contributed by atoms with Crippen LogP contribution >= 0.6 is 0 Å². The van der Waals surface area contributed by atoms with Crippen molar-refractivity contribution in [3.8, 4) is 0 Å². The van der Waals surface area contributed by atoms with E-state index in [9.17, 15) is 13.2 Å². The second-order valence-electron chi connectivity index (χ2n) is 6.26. The van der Waals surface area contributed by atoms with Crippen molar-refractivity contribution < 1.29 is 22.3 Å². The van der Waals surface area contributed by atoms with E-state index in [1.165, 1.54) is 4.31 Å². The van der Waals surface area contributed by atoms with Gasteiger partial charge in [-0.2, -0.15) is 4.31 Å². The molecule has 0 aliphatic carbocycles. The fraction of sp³-hybridized carbons (Fsp3) is 0.562. The third kappa shape index (κ3) is 3.03. The lowest BCUT2D eigenvalue weighted by Crippen LogP contribution is -2.50. The van der Waals surface area contributed by atoms with Gasteiger partial charge in [-0.15, -0.1) is 0 Å². The molecule has 0 radical (unpaired) electrons. The minimum Gasteiger partial charge on any atom is -0.361 e. The summed E-state index contributed by atoms with van der Waals surface area (Å²) in [5.41, 5.74) is 1.45. The number of nitrogens with zero attached hydrogens (tertiary/aromatic N) is 4. The largest absolute Gasteiger partial charge is 0.361 e. The third-order valence-electron chi connectivity index (χ3n) is 4.57. The van der Waals surface area contributed by atoms with Gasteiger partial charge >= 0.3 is 0 Å². The molecule has 2 aromatic rings. The van der Waals surface area contributed by atoms with E-state index in [1.807, 2.05) is 6.92 Å². The van der Waals surface area contributed by atoms with Crippen LogP contribution in [-0.2, 0) is 16.4 Å². The third-order valence-corrected chi connectivity index (χ3v) is 6.72. The topological polar surface area (TPSA) is 110 Å². The minimum atomic E-state index is -3.70. The van der Waals surface area contributed by atoms with Crippen LogP contribution in [0.3, 0.4) is 0 Å². The average Bonchev–Trinajstić information content (AvgIpc) is 3.16. The summed E-state index contributed by atoms with van der Waals surface area (Å²) in [5.74, 6) is 0.585. The number of hydrogen-bond acceptors (Lipinski definition) is 7. The molecule has 1 aliphatic rings.